The Morgan fingerprint density at radius 3 is 2.92 bits per heavy atom. The van der Waals surface area contributed by atoms with Gasteiger partial charge in [0.05, 0.1) is 0 Å². The van der Waals surface area contributed by atoms with Crippen molar-refractivity contribution < 1.29 is 9.13 Å². The molecule has 2 nitrogen and oxygen atoms in total. The number of pyridine rings is 1. The van der Waals surface area contributed by atoms with Gasteiger partial charge in [0, 0.05) is 5.69 Å². The van der Waals surface area contributed by atoms with E-state index in [0.717, 1.165) is 5.69 Å². The average molecular weight is 190 g/mol. The molecule has 0 N–H and O–H groups in total. The summed E-state index contributed by atoms with van der Waals surface area (Å²) in [4.78, 5) is 3.94. The Hall–Kier alpha value is -0.830. The van der Waals surface area contributed by atoms with Crippen LogP contribution in [0.5, 0.6) is 5.75 Å². The van der Waals surface area contributed by atoms with Gasteiger partial charge >= 0.3 is 0 Å². The van der Waals surface area contributed by atoms with Gasteiger partial charge < -0.3 is 4.74 Å². The van der Waals surface area contributed by atoms with Crippen molar-refractivity contribution in [3.8, 4) is 5.75 Å². The number of ether oxygens (including phenoxy) is 1. The normalized spacial score (nSPS) is 9.92. The molecule has 66 valence electrons. The fourth-order valence-electron chi connectivity index (χ4n) is 0.768. The minimum Gasteiger partial charge on any atom is -0.488 e. The molecule has 1 rings (SSSR count). The third kappa shape index (κ3) is 2.34. The molecule has 0 saturated carbocycles. The Labute approximate surface area is 75.3 Å². The number of alkyl halides is 1. The van der Waals surface area contributed by atoms with E-state index in [0.29, 0.717) is 5.75 Å². The first-order valence-corrected chi connectivity index (χ1v) is 3.93. The summed E-state index contributed by atoms with van der Waals surface area (Å²) in [6.45, 7) is 1.32. The highest BCUT2D eigenvalue weighted by molar-refractivity contribution is 6.30. The summed E-state index contributed by atoms with van der Waals surface area (Å²) < 4.78 is 16.7. The molecule has 1 heterocycles. The van der Waals surface area contributed by atoms with Crippen LogP contribution in [0.1, 0.15) is 5.69 Å². The SMILES string of the molecule is Cc1ccc(OCCF)c(Cl)n1. The highest BCUT2D eigenvalue weighted by Crippen LogP contribution is 2.21. The Morgan fingerprint density at radius 2 is 2.33 bits per heavy atom. The molecule has 0 bridgehead atoms. The molecular weight excluding hydrogens is 181 g/mol. The van der Waals surface area contributed by atoms with Crippen LogP contribution in [0.25, 0.3) is 0 Å². The summed E-state index contributed by atoms with van der Waals surface area (Å²) in [6, 6.07) is 3.44. The Balaban J connectivity index is 2.72. The molecule has 4 heteroatoms. The third-order valence-corrected chi connectivity index (χ3v) is 1.56. The minimum absolute atomic E-state index is 0.0183. The van der Waals surface area contributed by atoms with Crippen LogP contribution in [0, 0.1) is 6.92 Å². The average Bonchev–Trinajstić information content (AvgIpc) is 2.03. The van der Waals surface area contributed by atoms with Crippen LogP contribution < -0.4 is 4.74 Å². The molecule has 0 aliphatic heterocycles. The fraction of sp³-hybridized carbons (Fsp3) is 0.375. The van der Waals surface area contributed by atoms with E-state index < -0.39 is 6.67 Å². The predicted molar refractivity (Wildman–Crippen MR) is 45.5 cm³/mol. The Bertz CT molecular complexity index is 267. The lowest BCUT2D eigenvalue weighted by atomic mass is 10.4. The van der Waals surface area contributed by atoms with Crippen LogP contribution in [0.3, 0.4) is 0 Å². The first-order valence-electron chi connectivity index (χ1n) is 3.56. The third-order valence-electron chi connectivity index (χ3n) is 1.29. The van der Waals surface area contributed by atoms with E-state index in [-0.39, 0.29) is 11.8 Å². The minimum atomic E-state index is -0.524. The molecule has 1 aromatic rings. The van der Waals surface area contributed by atoms with Crippen molar-refractivity contribution in [2.75, 3.05) is 13.3 Å². The van der Waals surface area contributed by atoms with Gasteiger partial charge in [0.2, 0.25) is 0 Å². The molecule has 0 aromatic carbocycles. The lowest BCUT2D eigenvalue weighted by Crippen LogP contribution is -2.00. The van der Waals surface area contributed by atoms with E-state index in [4.69, 9.17) is 16.3 Å². The summed E-state index contributed by atoms with van der Waals surface area (Å²) in [7, 11) is 0. The predicted octanol–water partition coefficient (Wildman–Crippen LogP) is 2.39. The lowest BCUT2D eigenvalue weighted by Gasteiger charge is -2.04. The van der Waals surface area contributed by atoms with Crippen molar-refractivity contribution in [2.24, 2.45) is 0 Å². The summed E-state index contributed by atoms with van der Waals surface area (Å²) in [5.74, 6) is 0.430. The fourth-order valence-corrected chi connectivity index (χ4v) is 1.02. The van der Waals surface area contributed by atoms with Gasteiger partial charge in [-0.3, -0.25) is 0 Å². The zero-order valence-electron chi connectivity index (χ0n) is 6.68. The first-order chi connectivity index (χ1) is 5.74. The summed E-state index contributed by atoms with van der Waals surface area (Å²) in [5, 5.41) is 0.281. The molecule has 0 aliphatic carbocycles. The van der Waals surface area contributed by atoms with E-state index >= 15 is 0 Å². The topological polar surface area (TPSA) is 22.1 Å². The molecule has 0 spiro atoms. The summed E-state index contributed by atoms with van der Waals surface area (Å²) in [6.07, 6.45) is 0. The highest BCUT2D eigenvalue weighted by Gasteiger charge is 2.01. The standard InChI is InChI=1S/C8H9ClFNO/c1-6-2-3-7(8(9)11-6)12-5-4-10/h2-3H,4-5H2,1H3. The lowest BCUT2D eigenvalue weighted by molar-refractivity contribution is 0.272. The molecule has 0 fully saturated rings. The zero-order chi connectivity index (χ0) is 8.97. The van der Waals surface area contributed by atoms with Gasteiger partial charge in [0.15, 0.2) is 10.9 Å². The quantitative estimate of drug-likeness (QED) is 0.682. The van der Waals surface area contributed by atoms with Gasteiger partial charge in [-0.15, -0.1) is 0 Å². The van der Waals surface area contributed by atoms with Crippen molar-refractivity contribution >= 4 is 11.6 Å². The van der Waals surface area contributed by atoms with Crippen LogP contribution in [-0.4, -0.2) is 18.3 Å². The molecule has 0 saturated heterocycles. The largest absolute Gasteiger partial charge is 0.488 e. The van der Waals surface area contributed by atoms with E-state index in [2.05, 4.69) is 4.98 Å². The van der Waals surface area contributed by atoms with E-state index in [1.54, 1.807) is 12.1 Å². The summed E-state index contributed by atoms with van der Waals surface area (Å²) in [5.41, 5.74) is 0.813. The molecule has 12 heavy (non-hydrogen) atoms. The second kappa shape index (κ2) is 4.26. The van der Waals surface area contributed by atoms with Gasteiger partial charge in [-0.25, -0.2) is 9.37 Å². The van der Waals surface area contributed by atoms with Gasteiger partial charge in [0.25, 0.3) is 0 Å². The van der Waals surface area contributed by atoms with Crippen molar-refractivity contribution in [3.05, 3.63) is 23.0 Å². The maximum atomic E-state index is 11.7. The van der Waals surface area contributed by atoms with Crippen molar-refractivity contribution in [1.29, 1.82) is 0 Å². The molecule has 0 unspecified atom stereocenters. The first kappa shape index (κ1) is 9.26. The van der Waals surface area contributed by atoms with Crippen LogP contribution >= 0.6 is 11.6 Å². The molecule has 0 amide bonds. The van der Waals surface area contributed by atoms with Crippen molar-refractivity contribution in [3.63, 3.8) is 0 Å². The smallest absolute Gasteiger partial charge is 0.171 e. The molecular formula is C8H9ClFNO. The maximum absolute atomic E-state index is 11.7. The molecule has 0 aliphatic rings. The maximum Gasteiger partial charge on any atom is 0.171 e. The Kier molecular flexibility index (Phi) is 3.29. The zero-order valence-corrected chi connectivity index (χ0v) is 7.44. The number of hydrogen-bond donors (Lipinski definition) is 0. The highest BCUT2D eigenvalue weighted by atomic mass is 35.5. The number of hydrogen-bond acceptors (Lipinski definition) is 2. The van der Waals surface area contributed by atoms with E-state index in [1.807, 2.05) is 6.92 Å². The van der Waals surface area contributed by atoms with Crippen LogP contribution in [0.15, 0.2) is 12.1 Å². The van der Waals surface area contributed by atoms with Crippen LogP contribution in [0.2, 0.25) is 5.15 Å². The number of halogens is 2. The van der Waals surface area contributed by atoms with Crippen LogP contribution in [-0.2, 0) is 0 Å². The summed E-state index contributed by atoms with van der Waals surface area (Å²) >= 11 is 5.71. The number of rotatable bonds is 3. The van der Waals surface area contributed by atoms with E-state index in [9.17, 15) is 4.39 Å². The second-order valence-electron chi connectivity index (χ2n) is 2.28. The van der Waals surface area contributed by atoms with Crippen molar-refractivity contribution in [1.82, 2.24) is 4.98 Å². The monoisotopic (exact) mass is 189 g/mol. The Morgan fingerprint density at radius 1 is 1.58 bits per heavy atom. The number of aryl methyl sites for hydroxylation is 1. The van der Waals surface area contributed by atoms with E-state index in [1.165, 1.54) is 0 Å². The molecule has 0 atom stereocenters. The van der Waals surface area contributed by atoms with Crippen molar-refractivity contribution in [2.45, 2.75) is 6.92 Å². The number of aromatic nitrogens is 1. The van der Waals surface area contributed by atoms with Gasteiger partial charge in [-0.05, 0) is 19.1 Å². The molecule has 1 aromatic heterocycles. The van der Waals surface area contributed by atoms with Crippen LogP contribution in [0.4, 0.5) is 4.39 Å². The van der Waals surface area contributed by atoms with Gasteiger partial charge in [-0.2, -0.15) is 0 Å². The molecule has 0 radical (unpaired) electrons. The number of nitrogens with zero attached hydrogens (tertiary/aromatic N) is 1. The van der Waals surface area contributed by atoms with Gasteiger partial charge in [-0.1, -0.05) is 11.6 Å². The van der Waals surface area contributed by atoms with Gasteiger partial charge in [0.1, 0.15) is 13.3 Å². The second-order valence-corrected chi connectivity index (χ2v) is 2.64.